The van der Waals surface area contributed by atoms with Gasteiger partial charge in [0.15, 0.2) is 11.6 Å². The first-order valence-electron chi connectivity index (χ1n) is 9.13. The van der Waals surface area contributed by atoms with E-state index in [1.54, 1.807) is 24.4 Å². The Morgan fingerprint density at radius 2 is 2.04 bits per heavy atom. The van der Waals surface area contributed by atoms with Crippen molar-refractivity contribution in [3.8, 4) is 0 Å². The van der Waals surface area contributed by atoms with Crippen LogP contribution < -0.4 is 10.6 Å². The number of azo groups is 1. The molecule has 0 bridgehead atoms. The second-order valence-electron chi connectivity index (χ2n) is 6.30. The average molecular weight is 399 g/mol. The molecule has 0 spiro atoms. The van der Waals surface area contributed by atoms with Crippen molar-refractivity contribution in [2.75, 3.05) is 13.1 Å². The molecule has 0 aliphatic carbocycles. The minimum absolute atomic E-state index is 0.0639. The Balaban J connectivity index is 1.30. The quantitative estimate of drug-likeness (QED) is 0.465. The van der Waals surface area contributed by atoms with Gasteiger partial charge in [-0.2, -0.15) is 0 Å². The Labute approximate surface area is 166 Å². The maximum atomic E-state index is 11.9. The number of Topliss-reactive ketones (excluding diaryl/α,β-unsaturated/α-hetero) is 1. The number of hydrogen-bond donors (Lipinski definition) is 2. The number of carbonyl (C=O) groups excluding carboxylic acids is 3. The van der Waals surface area contributed by atoms with Gasteiger partial charge in [-0.3, -0.25) is 19.4 Å². The van der Waals surface area contributed by atoms with E-state index in [-0.39, 0.29) is 17.6 Å². The standard InChI is InChI=1S/C19H21N5O3S/c25-14(15-7-3-12-28-15)6-1-8-16(26)20-10-4-11-22-18-17-13(5-2-9-21-17)19(27)24-23-18/h2-3,5,7,9,12-13,22H,1,4,6,8,10-11H2,(H,20,26). The van der Waals surface area contributed by atoms with Gasteiger partial charge in [0.25, 0.3) is 5.91 Å². The lowest BCUT2D eigenvalue weighted by Gasteiger charge is -2.19. The lowest BCUT2D eigenvalue weighted by Crippen LogP contribution is -2.28. The molecular weight excluding hydrogens is 378 g/mol. The number of ketones is 1. The Bertz CT molecular complexity index is 855. The van der Waals surface area contributed by atoms with Gasteiger partial charge in [0.2, 0.25) is 5.91 Å². The number of hydrogen-bond acceptors (Lipinski definition) is 7. The minimum Gasteiger partial charge on any atom is -0.367 e. The van der Waals surface area contributed by atoms with Gasteiger partial charge in [0.1, 0.15) is 11.6 Å². The van der Waals surface area contributed by atoms with Crippen molar-refractivity contribution in [2.24, 2.45) is 21.1 Å². The number of dihydropyridines is 1. The molecule has 2 aliphatic heterocycles. The van der Waals surface area contributed by atoms with Crippen molar-refractivity contribution in [1.29, 1.82) is 0 Å². The van der Waals surface area contributed by atoms with E-state index >= 15 is 0 Å². The van der Waals surface area contributed by atoms with Crippen LogP contribution in [0.3, 0.4) is 0 Å². The predicted molar refractivity (Wildman–Crippen MR) is 106 cm³/mol. The largest absolute Gasteiger partial charge is 0.367 e. The number of aliphatic imine (C=N–C) groups is 1. The summed E-state index contributed by atoms with van der Waals surface area (Å²) in [4.78, 5) is 40.4. The van der Waals surface area contributed by atoms with Crippen molar-refractivity contribution in [3.05, 3.63) is 46.1 Å². The van der Waals surface area contributed by atoms with Crippen LogP contribution in [0, 0.1) is 5.92 Å². The molecule has 0 fully saturated rings. The minimum atomic E-state index is -0.471. The summed E-state index contributed by atoms with van der Waals surface area (Å²) in [5.74, 6) is -0.283. The fraction of sp³-hybridized carbons (Fsp3) is 0.368. The van der Waals surface area contributed by atoms with E-state index in [4.69, 9.17) is 0 Å². The highest BCUT2D eigenvalue weighted by Gasteiger charge is 2.28. The fourth-order valence-electron chi connectivity index (χ4n) is 2.78. The third-order valence-corrected chi connectivity index (χ3v) is 5.14. The van der Waals surface area contributed by atoms with Crippen LogP contribution in [0.4, 0.5) is 0 Å². The Kier molecular flexibility index (Phi) is 6.96. The number of rotatable bonds is 10. The Morgan fingerprint density at radius 1 is 1.14 bits per heavy atom. The average Bonchev–Trinajstić information content (AvgIpc) is 3.24. The van der Waals surface area contributed by atoms with Crippen LogP contribution in [0.1, 0.15) is 35.4 Å². The molecule has 3 rings (SSSR count). The summed E-state index contributed by atoms with van der Waals surface area (Å²) in [6.45, 7) is 1.07. The van der Waals surface area contributed by atoms with Gasteiger partial charge in [-0.15, -0.1) is 21.6 Å². The Morgan fingerprint density at radius 3 is 2.86 bits per heavy atom. The topological polar surface area (TPSA) is 112 Å². The van der Waals surface area contributed by atoms with E-state index in [0.29, 0.717) is 50.3 Å². The molecule has 2 aliphatic rings. The van der Waals surface area contributed by atoms with Gasteiger partial charge < -0.3 is 10.6 Å². The molecule has 0 saturated heterocycles. The fourth-order valence-corrected chi connectivity index (χ4v) is 3.48. The van der Waals surface area contributed by atoms with Gasteiger partial charge in [-0.25, -0.2) is 0 Å². The van der Waals surface area contributed by atoms with Crippen molar-refractivity contribution in [1.82, 2.24) is 10.6 Å². The smallest absolute Gasteiger partial charge is 0.277 e. The summed E-state index contributed by atoms with van der Waals surface area (Å²) >= 11 is 1.42. The van der Waals surface area contributed by atoms with Crippen molar-refractivity contribution in [2.45, 2.75) is 25.7 Å². The van der Waals surface area contributed by atoms with E-state index < -0.39 is 5.92 Å². The lowest BCUT2D eigenvalue weighted by molar-refractivity contribution is -0.121. The van der Waals surface area contributed by atoms with Gasteiger partial charge in [-0.1, -0.05) is 12.1 Å². The molecule has 3 heterocycles. The third kappa shape index (κ3) is 5.29. The van der Waals surface area contributed by atoms with Crippen molar-refractivity contribution in [3.63, 3.8) is 0 Å². The van der Waals surface area contributed by atoms with Crippen LogP contribution in [0.5, 0.6) is 0 Å². The number of allylic oxidation sites excluding steroid dienone is 1. The summed E-state index contributed by atoms with van der Waals surface area (Å²) in [6, 6.07) is 3.65. The lowest BCUT2D eigenvalue weighted by atomic mass is 10.0. The highest BCUT2D eigenvalue weighted by molar-refractivity contribution is 7.12. The van der Waals surface area contributed by atoms with Gasteiger partial charge in [0.05, 0.1) is 4.88 Å². The van der Waals surface area contributed by atoms with Crippen molar-refractivity contribution < 1.29 is 14.4 Å². The molecule has 28 heavy (non-hydrogen) atoms. The molecule has 0 aromatic carbocycles. The zero-order valence-electron chi connectivity index (χ0n) is 15.3. The summed E-state index contributed by atoms with van der Waals surface area (Å²) in [5, 5.41) is 15.3. The van der Waals surface area contributed by atoms with Crippen LogP contribution in [0.2, 0.25) is 0 Å². The highest BCUT2D eigenvalue weighted by Crippen LogP contribution is 2.26. The maximum Gasteiger partial charge on any atom is 0.277 e. The summed E-state index contributed by atoms with van der Waals surface area (Å²) < 4.78 is 0. The summed E-state index contributed by atoms with van der Waals surface area (Å²) in [6.07, 6.45) is 7.01. The molecule has 2 amide bonds. The normalized spacial score (nSPS) is 17.6. The van der Waals surface area contributed by atoms with Crippen LogP contribution in [-0.4, -0.2) is 36.9 Å². The molecule has 9 heteroatoms. The molecule has 2 N–H and O–H groups in total. The summed E-state index contributed by atoms with van der Waals surface area (Å²) in [5.41, 5.74) is 0.571. The van der Waals surface area contributed by atoms with E-state index in [1.165, 1.54) is 11.3 Å². The molecule has 1 unspecified atom stereocenters. The van der Waals surface area contributed by atoms with Crippen LogP contribution >= 0.6 is 11.3 Å². The first-order chi connectivity index (χ1) is 13.6. The zero-order valence-corrected chi connectivity index (χ0v) is 16.1. The monoisotopic (exact) mass is 399 g/mol. The van der Waals surface area contributed by atoms with Crippen LogP contribution in [0.15, 0.2) is 56.4 Å². The molecule has 146 valence electrons. The van der Waals surface area contributed by atoms with E-state index in [1.807, 2.05) is 11.4 Å². The molecule has 1 atom stereocenters. The molecule has 8 nitrogen and oxygen atoms in total. The number of amides is 2. The van der Waals surface area contributed by atoms with E-state index in [2.05, 4.69) is 25.9 Å². The van der Waals surface area contributed by atoms with Gasteiger partial charge in [0, 0.05) is 32.1 Å². The second-order valence-corrected chi connectivity index (χ2v) is 7.24. The van der Waals surface area contributed by atoms with Crippen LogP contribution in [0.25, 0.3) is 0 Å². The first kappa shape index (κ1) is 19.8. The zero-order chi connectivity index (χ0) is 19.8. The van der Waals surface area contributed by atoms with Crippen molar-refractivity contribution >= 4 is 35.1 Å². The number of fused-ring (bicyclic) bond motifs is 1. The number of carbonyl (C=O) groups is 3. The number of nitrogens with one attached hydrogen (secondary N) is 2. The predicted octanol–water partition coefficient (Wildman–Crippen LogP) is 2.62. The SMILES string of the molecule is O=C(CCCC(=O)c1cccs1)NCCCNC1=C2N=CC=CC2C(=O)N=N1. The number of thiophene rings is 1. The first-order valence-corrected chi connectivity index (χ1v) is 10.0. The van der Waals surface area contributed by atoms with E-state index in [9.17, 15) is 14.4 Å². The highest BCUT2D eigenvalue weighted by atomic mass is 32.1. The van der Waals surface area contributed by atoms with Gasteiger partial charge in [-0.05, 0) is 30.4 Å². The van der Waals surface area contributed by atoms with Gasteiger partial charge >= 0.3 is 0 Å². The van der Waals surface area contributed by atoms with E-state index in [0.717, 1.165) is 4.88 Å². The number of nitrogens with zero attached hydrogens (tertiary/aromatic N) is 3. The molecule has 0 saturated carbocycles. The Hall–Kier alpha value is -2.94. The molecule has 1 aromatic rings. The molecule has 0 radical (unpaired) electrons. The second kappa shape index (κ2) is 9.84. The summed E-state index contributed by atoms with van der Waals surface area (Å²) in [7, 11) is 0. The molecular formula is C19H21N5O3S. The maximum absolute atomic E-state index is 11.9. The molecule has 1 aromatic heterocycles. The van der Waals surface area contributed by atoms with Crippen LogP contribution in [-0.2, 0) is 9.59 Å². The third-order valence-electron chi connectivity index (χ3n) is 4.23.